The lowest BCUT2D eigenvalue weighted by Crippen LogP contribution is -2.52. The highest BCUT2D eigenvalue weighted by atomic mass is 35.5. The number of carboxylic acids is 1. The number of rotatable bonds is 2. The third-order valence-electron chi connectivity index (χ3n) is 3.93. The summed E-state index contributed by atoms with van der Waals surface area (Å²) in [4.78, 5) is 23.6. The van der Waals surface area contributed by atoms with Crippen LogP contribution in [-0.2, 0) is 15.0 Å². The Morgan fingerprint density at radius 3 is 2.27 bits per heavy atom. The van der Waals surface area contributed by atoms with Crippen LogP contribution >= 0.6 is 11.6 Å². The number of hydrogen-bond acceptors (Lipinski definition) is 2. The average molecular weight is 336 g/mol. The number of nitrogens with zero attached hydrogens (tertiary/aromatic N) is 1. The molecular formula is C14H13ClF3NO3. The van der Waals surface area contributed by atoms with Crippen LogP contribution in [0.1, 0.15) is 18.4 Å². The molecule has 0 radical (unpaired) electrons. The topological polar surface area (TPSA) is 57.6 Å². The van der Waals surface area contributed by atoms with Crippen LogP contribution in [0.3, 0.4) is 0 Å². The first kappa shape index (κ1) is 16.6. The summed E-state index contributed by atoms with van der Waals surface area (Å²) in [6, 6.07) is 6.26. The second kappa shape index (κ2) is 5.79. The fourth-order valence-electron chi connectivity index (χ4n) is 2.68. The molecule has 22 heavy (non-hydrogen) atoms. The number of benzene rings is 1. The molecule has 1 amide bonds. The van der Waals surface area contributed by atoms with E-state index in [9.17, 15) is 27.9 Å². The standard InChI is InChI=1S/C14H13ClF3NO3/c15-10-3-1-2-9(8-10)13(12(21)22)4-6-19(7-5-13)11(20)14(16,17)18/h1-3,8H,4-7H2,(H,21,22). The number of halogens is 4. The molecule has 1 aliphatic rings. The minimum absolute atomic E-state index is 0.0928. The second-order valence-electron chi connectivity index (χ2n) is 5.19. The number of piperidine rings is 1. The van der Waals surface area contributed by atoms with Gasteiger partial charge in [-0.1, -0.05) is 23.7 Å². The third kappa shape index (κ3) is 3.04. The van der Waals surface area contributed by atoms with Gasteiger partial charge in [-0.2, -0.15) is 13.2 Å². The molecule has 1 aromatic carbocycles. The number of hydrogen-bond donors (Lipinski definition) is 1. The summed E-state index contributed by atoms with van der Waals surface area (Å²) in [5.74, 6) is -3.06. The predicted octanol–water partition coefficient (Wildman–Crippen LogP) is 2.85. The van der Waals surface area contributed by atoms with Gasteiger partial charge in [0.2, 0.25) is 0 Å². The number of alkyl halides is 3. The molecule has 0 aromatic heterocycles. The summed E-state index contributed by atoms with van der Waals surface area (Å²) in [6.07, 6.45) is -5.13. The zero-order chi connectivity index (χ0) is 16.5. The van der Waals surface area contributed by atoms with Crippen molar-refractivity contribution in [2.75, 3.05) is 13.1 Å². The van der Waals surface area contributed by atoms with Gasteiger partial charge in [0, 0.05) is 18.1 Å². The van der Waals surface area contributed by atoms with Gasteiger partial charge in [0.25, 0.3) is 0 Å². The van der Waals surface area contributed by atoms with Crippen LogP contribution in [0.25, 0.3) is 0 Å². The Kier molecular flexibility index (Phi) is 4.37. The van der Waals surface area contributed by atoms with E-state index in [0.717, 1.165) is 0 Å². The van der Waals surface area contributed by atoms with Crippen LogP contribution in [0, 0.1) is 0 Å². The Balaban J connectivity index is 2.24. The highest BCUT2D eigenvalue weighted by molar-refractivity contribution is 6.30. The lowest BCUT2D eigenvalue weighted by Gasteiger charge is -2.39. The number of amides is 1. The molecule has 1 heterocycles. The van der Waals surface area contributed by atoms with Crippen molar-refractivity contribution in [1.29, 1.82) is 0 Å². The van der Waals surface area contributed by atoms with Crippen molar-refractivity contribution in [3.63, 3.8) is 0 Å². The fourth-order valence-corrected chi connectivity index (χ4v) is 2.87. The van der Waals surface area contributed by atoms with Gasteiger partial charge in [0.15, 0.2) is 0 Å². The molecule has 0 unspecified atom stereocenters. The van der Waals surface area contributed by atoms with Gasteiger partial charge in [-0.25, -0.2) is 0 Å². The average Bonchev–Trinajstić information content (AvgIpc) is 2.45. The van der Waals surface area contributed by atoms with E-state index in [1.54, 1.807) is 18.2 Å². The summed E-state index contributed by atoms with van der Waals surface area (Å²) in [7, 11) is 0. The number of aliphatic carboxylic acids is 1. The van der Waals surface area contributed by atoms with Crippen molar-refractivity contribution in [2.24, 2.45) is 0 Å². The molecule has 0 bridgehead atoms. The summed E-state index contributed by atoms with van der Waals surface area (Å²) < 4.78 is 37.3. The van der Waals surface area contributed by atoms with Crippen LogP contribution in [-0.4, -0.2) is 41.1 Å². The number of carbonyl (C=O) groups is 2. The van der Waals surface area contributed by atoms with E-state index < -0.39 is 23.5 Å². The van der Waals surface area contributed by atoms with Gasteiger partial charge in [-0.05, 0) is 30.5 Å². The Morgan fingerprint density at radius 1 is 1.23 bits per heavy atom. The Hall–Kier alpha value is -1.76. The van der Waals surface area contributed by atoms with Gasteiger partial charge in [-0.3, -0.25) is 9.59 Å². The van der Waals surface area contributed by atoms with Gasteiger partial charge < -0.3 is 10.0 Å². The van der Waals surface area contributed by atoms with Crippen LogP contribution in [0.4, 0.5) is 13.2 Å². The molecule has 0 aliphatic carbocycles. The van der Waals surface area contributed by atoms with Gasteiger partial charge in [0.1, 0.15) is 0 Å². The minimum Gasteiger partial charge on any atom is -0.481 e. The first-order chi connectivity index (χ1) is 10.2. The Morgan fingerprint density at radius 2 is 1.82 bits per heavy atom. The monoisotopic (exact) mass is 335 g/mol. The van der Waals surface area contributed by atoms with Crippen molar-refractivity contribution < 1.29 is 27.9 Å². The number of carbonyl (C=O) groups excluding carboxylic acids is 1. The van der Waals surface area contributed by atoms with E-state index in [1.165, 1.54) is 6.07 Å². The highest BCUT2D eigenvalue weighted by Crippen LogP contribution is 2.37. The maximum Gasteiger partial charge on any atom is 0.471 e. The number of carboxylic acid groups (broad SMARTS) is 1. The molecule has 0 saturated carbocycles. The molecule has 120 valence electrons. The molecule has 1 aliphatic heterocycles. The molecule has 4 nitrogen and oxygen atoms in total. The van der Waals surface area contributed by atoms with Crippen molar-refractivity contribution >= 4 is 23.5 Å². The van der Waals surface area contributed by atoms with Gasteiger partial charge in [0.05, 0.1) is 5.41 Å². The van der Waals surface area contributed by atoms with E-state index in [2.05, 4.69) is 0 Å². The molecule has 0 spiro atoms. The summed E-state index contributed by atoms with van der Waals surface area (Å²) >= 11 is 5.86. The zero-order valence-corrected chi connectivity index (χ0v) is 12.1. The maximum atomic E-state index is 12.4. The van der Waals surface area contributed by atoms with Crippen LogP contribution in [0.2, 0.25) is 5.02 Å². The summed E-state index contributed by atoms with van der Waals surface area (Å²) in [5.41, 5.74) is -0.889. The molecule has 1 fully saturated rings. The Bertz CT molecular complexity index is 595. The largest absolute Gasteiger partial charge is 0.481 e. The lowest BCUT2D eigenvalue weighted by molar-refractivity contribution is -0.187. The van der Waals surface area contributed by atoms with Crippen molar-refractivity contribution in [3.05, 3.63) is 34.9 Å². The Labute approximate surface area is 129 Å². The van der Waals surface area contributed by atoms with Crippen molar-refractivity contribution in [3.8, 4) is 0 Å². The molecule has 1 aromatic rings. The fraction of sp³-hybridized carbons (Fsp3) is 0.429. The minimum atomic E-state index is -4.95. The predicted molar refractivity (Wildman–Crippen MR) is 72.6 cm³/mol. The summed E-state index contributed by atoms with van der Waals surface area (Å²) in [6.45, 7) is -0.533. The SMILES string of the molecule is O=C(N1CCC(C(=O)O)(c2cccc(Cl)c2)CC1)C(F)(F)F. The molecule has 1 saturated heterocycles. The first-order valence-electron chi connectivity index (χ1n) is 6.52. The van der Waals surface area contributed by atoms with Gasteiger partial charge >= 0.3 is 18.1 Å². The third-order valence-corrected chi connectivity index (χ3v) is 4.17. The maximum absolute atomic E-state index is 12.4. The highest BCUT2D eigenvalue weighted by Gasteiger charge is 2.48. The smallest absolute Gasteiger partial charge is 0.471 e. The van der Waals surface area contributed by atoms with Crippen molar-refractivity contribution in [1.82, 2.24) is 4.90 Å². The van der Waals surface area contributed by atoms with E-state index in [0.29, 0.717) is 15.5 Å². The zero-order valence-electron chi connectivity index (χ0n) is 11.4. The van der Waals surface area contributed by atoms with Crippen LogP contribution < -0.4 is 0 Å². The second-order valence-corrected chi connectivity index (χ2v) is 5.62. The van der Waals surface area contributed by atoms with E-state index in [4.69, 9.17) is 11.6 Å². The van der Waals surface area contributed by atoms with Crippen LogP contribution in [0.15, 0.2) is 24.3 Å². The molecule has 1 N–H and O–H groups in total. The van der Waals surface area contributed by atoms with E-state index >= 15 is 0 Å². The van der Waals surface area contributed by atoms with Crippen LogP contribution in [0.5, 0.6) is 0 Å². The lowest BCUT2D eigenvalue weighted by atomic mass is 9.73. The number of likely N-dealkylation sites (tertiary alicyclic amines) is 1. The summed E-state index contributed by atoms with van der Waals surface area (Å²) in [5, 5.41) is 9.90. The molecule has 0 atom stereocenters. The van der Waals surface area contributed by atoms with Crippen molar-refractivity contribution in [2.45, 2.75) is 24.4 Å². The quantitative estimate of drug-likeness (QED) is 0.904. The first-order valence-corrected chi connectivity index (χ1v) is 6.90. The van der Waals surface area contributed by atoms with E-state index in [1.807, 2.05) is 0 Å². The van der Waals surface area contributed by atoms with E-state index in [-0.39, 0.29) is 25.9 Å². The molecular weight excluding hydrogens is 323 g/mol. The molecule has 8 heteroatoms. The molecule has 2 rings (SSSR count). The van der Waals surface area contributed by atoms with Gasteiger partial charge in [-0.15, -0.1) is 0 Å². The normalized spacial score (nSPS) is 18.1.